The molecule has 0 aromatic carbocycles. The van der Waals surface area contributed by atoms with Gasteiger partial charge in [0.25, 0.3) is 0 Å². The van der Waals surface area contributed by atoms with E-state index >= 15 is 0 Å². The largest absolute Gasteiger partial charge is 0.265 e. The van der Waals surface area contributed by atoms with Crippen LogP contribution in [0.25, 0.3) is 0 Å². The minimum atomic E-state index is 0. The number of rotatable bonds is 0. The molecular formula is C12H10Br2N2O2Re-2. The van der Waals surface area contributed by atoms with E-state index in [1.807, 2.05) is 36.4 Å². The molecule has 2 aromatic rings. The molecule has 0 spiro atoms. The molecule has 2 aromatic heterocycles. The van der Waals surface area contributed by atoms with Crippen LogP contribution in [0.1, 0.15) is 0 Å². The molecule has 0 N–H and O–H groups in total. The molecule has 1 radical (unpaired) electrons. The van der Waals surface area contributed by atoms with Crippen LogP contribution in [-0.4, -0.2) is 9.97 Å². The molecule has 4 nitrogen and oxygen atoms in total. The Balaban J connectivity index is -0.0000000486. The van der Waals surface area contributed by atoms with Gasteiger partial charge >= 0.3 is 22.6 Å². The molecule has 103 valence electrons. The summed E-state index contributed by atoms with van der Waals surface area (Å²) in [5.41, 5.74) is 0. The van der Waals surface area contributed by atoms with Crippen molar-refractivity contribution in [2.45, 2.75) is 0 Å². The van der Waals surface area contributed by atoms with Crippen molar-refractivity contribution >= 4 is 0 Å². The molecule has 7 heteroatoms. The second kappa shape index (κ2) is 36.0. The van der Waals surface area contributed by atoms with E-state index in [1.54, 1.807) is 24.8 Å². The van der Waals surface area contributed by atoms with Crippen molar-refractivity contribution < 1.29 is 63.7 Å². The van der Waals surface area contributed by atoms with Crippen LogP contribution < -0.4 is 34.0 Å². The first-order valence-corrected chi connectivity index (χ1v) is 4.11. The van der Waals surface area contributed by atoms with Crippen LogP contribution in [0.5, 0.6) is 0 Å². The monoisotopic (exact) mass is 559 g/mol. The van der Waals surface area contributed by atoms with E-state index in [0.29, 0.717) is 0 Å². The van der Waals surface area contributed by atoms with Crippen molar-refractivity contribution in [1.82, 2.24) is 9.97 Å². The van der Waals surface area contributed by atoms with Gasteiger partial charge in [-0.3, -0.25) is 9.97 Å². The fraction of sp³-hybridized carbons (Fsp3) is 0. The molecule has 2 heterocycles. The van der Waals surface area contributed by atoms with E-state index in [-0.39, 0.29) is 54.4 Å². The smallest absolute Gasteiger partial charge is 0.0267 e. The van der Waals surface area contributed by atoms with Crippen molar-refractivity contribution in [3.63, 3.8) is 0 Å². The van der Waals surface area contributed by atoms with Crippen LogP contribution in [0.2, 0.25) is 0 Å². The van der Waals surface area contributed by atoms with Gasteiger partial charge in [-0.25, -0.2) is 0 Å². The van der Waals surface area contributed by atoms with E-state index in [9.17, 15) is 0 Å². The predicted molar refractivity (Wildman–Crippen MR) is 56.3 cm³/mol. The molecular weight excluding hydrogens is 550 g/mol. The summed E-state index contributed by atoms with van der Waals surface area (Å²) in [5, 5.41) is 0. The molecule has 0 saturated carbocycles. The van der Waals surface area contributed by atoms with Crippen molar-refractivity contribution in [3.8, 4) is 0 Å². The van der Waals surface area contributed by atoms with Crippen molar-refractivity contribution in [2.75, 3.05) is 0 Å². The van der Waals surface area contributed by atoms with Gasteiger partial charge in [-0.15, -0.1) is 0 Å². The summed E-state index contributed by atoms with van der Waals surface area (Å²) in [6.07, 6.45) is 7.00. The van der Waals surface area contributed by atoms with Gasteiger partial charge in [0.2, 0.25) is 0 Å². The molecule has 0 aliphatic rings. The molecule has 19 heavy (non-hydrogen) atoms. The molecule has 0 atom stereocenters. The van der Waals surface area contributed by atoms with Crippen LogP contribution in [0.15, 0.2) is 61.2 Å². The summed E-state index contributed by atoms with van der Waals surface area (Å²) in [6, 6.07) is 11.4. The fourth-order valence-electron chi connectivity index (χ4n) is 0.625. The first kappa shape index (κ1) is 31.0. The third-order valence-electron chi connectivity index (χ3n) is 1.13. The molecule has 0 bridgehead atoms. The summed E-state index contributed by atoms with van der Waals surface area (Å²) in [5.74, 6) is 0. The van der Waals surface area contributed by atoms with E-state index in [0.717, 1.165) is 0 Å². The molecule has 0 unspecified atom stereocenters. The van der Waals surface area contributed by atoms with Gasteiger partial charge in [0.15, 0.2) is 0 Å². The van der Waals surface area contributed by atoms with Gasteiger partial charge in [0, 0.05) is 45.2 Å². The standard InChI is InChI=1S/2C5H5N.2CO.2BrH.Re/c2*1-2-4-6-5-3-1;2*1-2;;;/h2*1-5H;;;2*1H;/p-2. The Labute approximate surface area is 147 Å². The number of aromatic nitrogens is 2. The van der Waals surface area contributed by atoms with Crippen LogP contribution in [-0.2, 0) is 29.7 Å². The minimum Gasteiger partial charge on any atom is -0.265 e. The summed E-state index contributed by atoms with van der Waals surface area (Å²) in [6.45, 7) is 9.00. The SMILES string of the molecule is [Br-].[Br-].[C-]#[O+].[C-]#[O+].[Re].c1ccncc1.c1ccncc1. The molecule has 0 aliphatic heterocycles. The number of pyridine rings is 2. The molecule has 2 rings (SSSR count). The fourth-order valence-corrected chi connectivity index (χ4v) is 0.625. The van der Waals surface area contributed by atoms with E-state index < -0.39 is 0 Å². The quantitative estimate of drug-likeness (QED) is 0.245. The zero-order chi connectivity index (χ0) is 12.5. The third-order valence-corrected chi connectivity index (χ3v) is 1.13. The Morgan fingerprint density at radius 3 is 0.789 bits per heavy atom. The van der Waals surface area contributed by atoms with Crippen LogP contribution >= 0.6 is 0 Å². The second-order valence-electron chi connectivity index (χ2n) is 2.05. The molecule has 0 fully saturated rings. The van der Waals surface area contributed by atoms with Gasteiger partial charge < -0.3 is 34.0 Å². The first-order valence-electron chi connectivity index (χ1n) is 4.11. The van der Waals surface area contributed by atoms with Gasteiger partial charge in [0.05, 0.1) is 0 Å². The molecule has 0 amide bonds. The van der Waals surface area contributed by atoms with E-state index in [2.05, 4.69) is 23.3 Å². The maximum absolute atomic E-state index is 7.50. The van der Waals surface area contributed by atoms with Crippen LogP contribution in [0.3, 0.4) is 0 Å². The van der Waals surface area contributed by atoms with Gasteiger partial charge in [-0.2, -0.15) is 0 Å². The zero-order valence-corrected chi connectivity index (χ0v) is 15.5. The van der Waals surface area contributed by atoms with Crippen molar-refractivity contribution in [3.05, 3.63) is 74.5 Å². The van der Waals surface area contributed by atoms with Crippen molar-refractivity contribution in [1.29, 1.82) is 0 Å². The summed E-state index contributed by atoms with van der Waals surface area (Å²) < 4.78 is 15.0. The summed E-state index contributed by atoms with van der Waals surface area (Å²) in [7, 11) is 0. The Hall–Kier alpha value is -0.598. The Kier molecular flexibility index (Phi) is 58.8. The van der Waals surface area contributed by atoms with Crippen LogP contribution in [0, 0.1) is 13.3 Å². The zero-order valence-electron chi connectivity index (χ0n) is 9.62. The first-order chi connectivity index (χ1) is 8.00. The topological polar surface area (TPSA) is 65.6 Å². The van der Waals surface area contributed by atoms with E-state index in [4.69, 9.17) is 9.30 Å². The normalized spacial score (nSPS) is 5.26. The third kappa shape index (κ3) is 31.8. The number of hydrogen-bond donors (Lipinski definition) is 0. The van der Waals surface area contributed by atoms with Crippen LogP contribution in [0.4, 0.5) is 0 Å². The molecule has 0 aliphatic carbocycles. The van der Waals surface area contributed by atoms with Gasteiger partial charge in [-0.05, 0) is 24.3 Å². The summed E-state index contributed by atoms with van der Waals surface area (Å²) >= 11 is 0. The Morgan fingerprint density at radius 2 is 0.737 bits per heavy atom. The van der Waals surface area contributed by atoms with Crippen molar-refractivity contribution in [2.24, 2.45) is 0 Å². The second-order valence-corrected chi connectivity index (χ2v) is 2.05. The Bertz CT molecular complexity index is 270. The van der Waals surface area contributed by atoms with Gasteiger partial charge in [-0.1, -0.05) is 12.1 Å². The van der Waals surface area contributed by atoms with E-state index in [1.165, 1.54) is 0 Å². The number of hydrogen-bond acceptors (Lipinski definition) is 2. The maximum atomic E-state index is 7.50. The average Bonchev–Trinajstić information content (AvgIpc) is 2.48. The predicted octanol–water partition coefficient (Wildman–Crippen LogP) is -3.91. The maximum Gasteiger partial charge on any atom is 0.0267 e. The molecule has 0 saturated heterocycles. The number of nitrogens with zero attached hydrogens (tertiary/aromatic N) is 2. The minimum absolute atomic E-state index is 0. The summed E-state index contributed by atoms with van der Waals surface area (Å²) in [4.78, 5) is 7.57. The Morgan fingerprint density at radius 1 is 0.526 bits per heavy atom. The average molecular weight is 560 g/mol. The van der Waals surface area contributed by atoms with Gasteiger partial charge in [0.1, 0.15) is 0 Å². The number of halogens is 2.